The molecule has 0 saturated heterocycles. The van der Waals surface area contributed by atoms with Crippen molar-refractivity contribution in [3.05, 3.63) is 40.0 Å². The third-order valence-electron chi connectivity index (χ3n) is 1.97. The lowest BCUT2D eigenvalue weighted by atomic mass is 10.3. The Bertz CT molecular complexity index is 530. The Hall–Kier alpha value is -1.66. The van der Waals surface area contributed by atoms with E-state index in [-0.39, 0.29) is 23.6 Å². The van der Waals surface area contributed by atoms with Gasteiger partial charge in [0.1, 0.15) is 11.8 Å². The summed E-state index contributed by atoms with van der Waals surface area (Å²) in [5.41, 5.74) is 5.95. The highest BCUT2D eigenvalue weighted by Crippen LogP contribution is 2.20. The summed E-state index contributed by atoms with van der Waals surface area (Å²) in [6, 6.07) is 1.57. The zero-order valence-corrected chi connectivity index (χ0v) is 10.4. The van der Waals surface area contributed by atoms with Gasteiger partial charge in [-0.15, -0.1) is 0 Å². The van der Waals surface area contributed by atoms with Crippen LogP contribution < -0.4 is 10.5 Å². The molecule has 0 fully saturated rings. The van der Waals surface area contributed by atoms with Crippen molar-refractivity contribution in [3.63, 3.8) is 0 Å². The lowest BCUT2D eigenvalue weighted by Gasteiger charge is -2.05. The van der Waals surface area contributed by atoms with Gasteiger partial charge in [0, 0.05) is 11.8 Å². The van der Waals surface area contributed by atoms with E-state index >= 15 is 0 Å². The number of ether oxygens (including phenoxy) is 1. The van der Waals surface area contributed by atoms with Crippen LogP contribution in [0.2, 0.25) is 10.2 Å². The predicted octanol–water partition coefficient (Wildman–Crippen LogP) is 2.48. The van der Waals surface area contributed by atoms with Gasteiger partial charge in [0.2, 0.25) is 0 Å². The number of pyridine rings is 1. The van der Waals surface area contributed by atoms with Gasteiger partial charge in [0.25, 0.3) is 0 Å². The molecule has 2 aromatic heterocycles. The molecule has 0 aliphatic heterocycles. The molecule has 2 N–H and O–H groups in total. The fourth-order valence-electron chi connectivity index (χ4n) is 1.12. The second-order valence-corrected chi connectivity index (χ2v) is 4.06. The number of nitrogen functional groups attached to an aromatic ring is 1. The lowest BCUT2D eigenvalue weighted by molar-refractivity contribution is 0.279. The number of hydrogen-bond donors (Lipinski definition) is 1. The first kappa shape index (κ1) is 12.8. The molecule has 0 aliphatic carbocycles. The van der Waals surface area contributed by atoms with Crippen LogP contribution in [0, 0.1) is 5.82 Å². The maximum absolute atomic E-state index is 12.8. The monoisotopic (exact) mass is 288 g/mol. The Morgan fingerprint density at radius 2 is 2.06 bits per heavy atom. The number of hydrogen-bond acceptors (Lipinski definition) is 5. The van der Waals surface area contributed by atoms with Crippen LogP contribution in [0.15, 0.2) is 18.5 Å². The third kappa shape index (κ3) is 2.96. The third-order valence-corrected chi connectivity index (χ3v) is 2.66. The molecule has 0 unspecified atom stereocenters. The molecule has 0 saturated carbocycles. The zero-order valence-electron chi connectivity index (χ0n) is 8.90. The van der Waals surface area contributed by atoms with Crippen LogP contribution in [-0.4, -0.2) is 15.0 Å². The summed E-state index contributed by atoms with van der Waals surface area (Å²) in [5, 5.41) is 0.528. The summed E-state index contributed by atoms with van der Waals surface area (Å²) in [4.78, 5) is 11.1. The molecule has 0 atom stereocenters. The van der Waals surface area contributed by atoms with Crippen LogP contribution in [0.5, 0.6) is 6.01 Å². The molecule has 18 heavy (non-hydrogen) atoms. The minimum absolute atomic E-state index is 0.0278. The van der Waals surface area contributed by atoms with Crippen molar-refractivity contribution in [2.45, 2.75) is 6.61 Å². The SMILES string of the molecule is Nc1nc(OCc2cnc(Cl)c(Cl)c2)ncc1F. The van der Waals surface area contributed by atoms with Crippen molar-refractivity contribution >= 4 is 29.0 Å². The number of nitrogens with zero attached hydrogens (tertiary/aromatic N) is 3. The van der Waals surface area contributed by atoms with Gasteiger partial charge in [-0.1, -0.05) is 23.2 Å². The van der Waals surface area contributed by atoms with Crippen LogP contribution in [-0.2, 0) is 6.61 Å². The Balaban J connectivity index is 2.06. The minimum atomic E-state index is -0.696. The van der Waals surface area contributed by atoms with E-state index in [4.69, 9.17) is 33.7 Å². The van der Waals surface area contributed by atoms with Crippen LogP contribution in [0.25, 0.3) is 0 Å². The average Bonchev–Trinajstić information content (AvgIpc) is 2.35. The molecule has 5 nitrogen and oxygen atoms in total. The summed E-state index contributed by atoms with van der Waals surface area (Å²) >= 11 is 11.5. The predicted molar refractivity (Wildman–Crippen MR) is 65.0 cm³/mol. The molecule has 2 rings (SSSR count). The molecular formula is C10H7Cl2FN4O. The standard InChI is InChI=1S/C10H7Cl2FN4O/c11-6-1-5(2-15-8(6)12)4-18-10-16-3-7(13)9(14)17-10/h1-3H,4H2,(H2,14,16,17). The van der Waals surface area contributed by atoms with E-state index < -0.39 is 5.82 Å². The molecular weight excluding hydrogens is 282 g/mol. The Kier molecular flexibility index (Phi) is 3.78. The smallest absolute Gasteiger partial charge is 0.318 e. The number of rotatable bonds is 3. The quantitative estimate of drug-likeness (QED) is 0.879. The second kappa shape index (κ2) is 5.32. The van der Waals surface area contributed by atoms with Crippen molar-refractivity contribution in [2.24, 2.45) is 0 Å². The first-order valence-electron chi connectivity index (χ1n) is 4.77. The van der Waals surface area contributed by atoms with Gasteiger partial charge in [-0.2, -0.15) is 4.98 Å². The summed E-state index contributed by atoms with van der Waals surface area (Å²) in [6.45, 7) is 0.120. The summed E-state index contributed by atoms with van der Waals surface area (Å²) < 4.78 is 18.0. The fraction of sp³-hybridized carbons (Fsp3) is 0.100. The van der Waals surface area contributed by atoms with E-state index in [9.17, 15) is 4.39 Å². The molecule has 8 heteroatoms. The van der Waals surface area contributed by atoms with E-state index in [0.717, 1.165) is 6.20 Å². The lowest BCUT2D eigenvalue weighted by Crippen LogP contribution is -2.03. The largest absolute Gasteiger partial charge is 0.458 e. The van der Waals surface area contributed by atoms with Crippen molar-refractivity contribution < 1.29 is 9.13 Å². The van der Waals surface area contributed by atoms with Crippen LogP contribution in [0.1, 0.15) is 5.56 Å². The van der Waals surface area contributed by atoms with Crippen molar-refractivity contribution in [1.82, 2.24) is 15.0 Å². The summed E-state index contributed by atoms with van der Waals surface area (Å²) in [5.74, 6) is -0.967. The molecule has 0 aromatic carbocycles. The topological polar surface area (TPSA) is 73.9 Å². The van der Waals surface area contributed by atoms with E-state index in [1.807, 2.05) is 0 Å². The van der Waals surface area contributed by atoms with Crippen LogP contribution >= 0.6 is 23.2 Å². The Morgan fingerprint density at radius 3 is 2.72 bits per heavy atom. The first-order valence-corrected chi connectivity index (χ1v) is 5.52. The van der Waals surface area contributed by atoms with E-state index in [0.29, 0.717) is 10.6 Å². The molecule has 0 spiro atoms. The van der Waals surface area contributed by atoms with E-state index in [1.165, 1.54) is 6.20 Å². The number of halogens is 3. The van der Waals surface area contributed by atoms with Gasteiger partial charge in [0.05, 0.1) is 11.2 Å². The van der Waals surface area contributed by atoms with Crippen molar-refractivity contribution in [1.29, 1.82) is 0 Å². The highest BCUT2D eigenvalue weighted by Gasteiger charge is 2.06. The highest BCUT2D eigenvalue weighted by atomic mass is 35.5. The number of anilines is 1. The van der Waals surface area contributed by atoms with Gasteiger partial charge >= 0.3 is 6.01 Å². The number of nitrogens with two attached hydrogens (primary N) is 1. The molecule has 0 aliphatic rings. The summed E-state index contributed by atoms with van der Waals surface area (Å²) in [6.07, 6.45) is 2.44. The maximum atomic E-state index is 12.8. The number of aromatic nitrogens is 3. The van der Waals surface area contributed by atoms with Gasteiger partial charge in [0.15, 0.2) is 11.6 Å². The second-order valence-electron chi connectivity index (χ2n) is 3.29. The van der Waals surface area contributed by atoms with Crippen molar-refractivity contribution in [3.8, 4) is 6.01 Å². The van der Waals surface area contributed by atoms with E-state index in [1.54, 1.807) is 6.07 Å². The van der Waals surface area contributed by atoms with Gasteiger partial charge in [-0.25, -0.2) is 14.4 Å². The molecule has 2 heterocycles. The normalized spacial score (nSPS) is 10.4. The Morgan fingerprint density at radius 1 is 1.28 bits per heavy atom. The molecule has 0 bridgehead atoms. The summed E-state index contributed by atoms with van der Waals surface area (Å²) in [7, 11) is 0. The fourth-order valence-corrected chi connectivity index (χ4v) is 1.41. The molecule has 94 valence electrons. The van der Waals surface area contributed by atoms with Gasteiger partial charge < -0.3 is 10.5 Å². The van der Waals surface area contributed by atoms with Crippen LogP contribution in [0.4, 0.5) is 10.2 Å². The average molecular weight is 289 g/mol. The minimum Gasteiger partial charge on any atom is -0.458 e. The van der Waals surface area contributed by atoms with Crippen molar-refractivity contribution in [2.75, 3.05) is 5.73 Å². The first-order chi connectivity index (χ1) is 8.56. The Labute approximate surface area is 112 Å². The van der Waals surface area contributed by atoms with E-state index in [2.05, 4.69) is 15.0 Å². The molecule has 0 amide bonds. The molecule has 2 aromatic rings. The molecule has 0 radical (unpaired) electrons. The van der Waals surface area contributed by atoms with Crippen LogP contribution in [0.3, 0.4) is 0 Å². The maximum Gasteiger partial charge on any atom is 0.318 e. The van der Waals surface area contributed by atoms with Gasteiger partial charge in [-0.3, -0.25) is 0 Å². The van der Waals surface area contributed by atoms with Gasteiger partial charge in [-0.05, 0) is 6.07 Å². The highest BCUT2D eigenvalue weighted by molar-refractivity contribution is 6.41. The zero-order chi connectivity index (χ0) is 13.1.